The molecule has 1 aromatic heterocycles. The van der Waals surface area contributed by atoms with Crippen LogP contribution >= 0.6 is 11.6 Å². The van der Waals surface area contributed by atoms with Crippen molar-refractivity contribution < 1.29 is 9.13 Å². The van der Waals surface area contributed by atoms with Crippen LogP contribution in [0.25, 0.3) is 0 Å². The first-order valence-corrected chi connectivity index (χ1v) is 10.1. The molecule has 0 saturated heterocycles. The van der Waals surface area contributed by atoms with E-state index in [2.05, 4.69) is 19.2 Å². The predicted octanol–water partition coefficient (Wildman–Crippen LogP) is 5.29. The molecule has 0 radical (unpaired) electrons. The lowest BCUT2D eigenvalue weighted by atomic mass is 9.77. The van der Waals surface area contributed by atoms with Gasteiger partial charge in [-0.05, 0) is 57.9 Å². The highest BCUT2D eigenvalue weighted by molar-refractivity contribution is 6.30. The second-order valence-electron chi connectivity index (χ2n) is 7.93. The molecule has 1 aliphatic rings. The zero-order valence-electron chi connectivity index (χ0n) is 16.4. The number of hydrogen-bond donors (Lipinski definition) is 1. The van der Waals surface area contributed by atoms with Gasteiger partial charge in [-0.15, -0.1) is 0 Å². The Morgan fingerprint density at radius 3 is 2.70 bits per heavy atom. The standard InChI is InChI=1S/C21H29ClFN3O/c1-21(2,16-7-5-4-6-8-16)26-20(12-18(25-26)13-24-3)27-14-15-11-17(22)9-10-19(15)23/h9-12,16,24H,4-8,13-14H2,1-3H3. The molecule has 0 aliphatic heterocycles. The summed E-state index contributed by atoms with van der Waals surface area (Å²) in [5.74, 6) is 0.918. The summed E-state index contributed by atoms with van der Waals surface area (Å²) in [4.78, 5) is 0. The number of nitrogens with one attached hydrogen (secondary N) is 1. The van der Waals surface area contributed by atoms with Gasteiger partial charge in [0.05, 0.1) is 11.2 Å². The van der Waals surface area contributed by atoms with Crippen LogP contribution in [0.15, 0.2) is 24.3 Å². The maximum Gasteiger partial charge on any atom is 0.212 e. The van der Waals surface area contributed by atoms with Crippen molar-refractivity contribution in [1.29, 1.82) is 0 Å². The molecule has 2 aromatic rings. The number of nitrogens with zero attached hydrogens (tertiary/aromatic N) is 2. The number of aromatic nitrogens is 2. The smallest absolute Gasteiger partial charge is 0.212 e. The lowest BCUT2D eigenvalue weighted by molar-refractivity contribution is 0.126. The molecule has 0 bridgehead atoms. The number of halogens is 2. The van der Waals surface area contributed by atoms with Crippen LogP contribution in [0.3, 0.4) is 0 Å². The third-order valence-corrected chi connectivity index (χ3v) is 5.85. The fourth-order valence-corrected chi connectivity index (χ4v) is 4.18. The Hall–Kier alpha value is -1.59. The molecule has 27 heavy (non-hydrogen) atoms. The van der Waals surface area contributed by atoms with Gasteiger partial charge in [-0.2, -0.15) is 5.10 Å². The van der Waals surface area contributed by atoms with E-state index >= 15 is 0 Å². The van der Waals surface area contributed by atoms with Crippen molar-refractivity contribution in [3.05, 3.63) is 46.4 Å². The minimum absolute atomic E-state index is 0.123. The minimum Gasteiger partial charge on any atom is -0.473 e. The summed E-state index contributed by atoms with van der Waals surface area (Å²) in [6, 6.07) is 6.47. The largest absolute Gasteiger partial charge is 0.473 e. The second kappa shape index (κ2) is 8.61. The van der Waals surface area contributed by atoms with E-state index in [-0.39, 0.29) is 18.0 Å². The van der Waals surface area contributed by atoms with Crippen LogP contribution < -0.4 is 10.1 Å². The number of hydrogen-bond acceptors (Lipinski definition) is 3. The van der Waals surface area contributed by atoms with Crippen molar-refractivity contribution >= 4 is 11.6 Å². The van der Waals surface area contributed by atoms with E-state index in [4.69, 9.17) is 21.4 Å². The second-order valence-corrected chi connectivity index (χ2v) is 8.37. The van der Waals surface area contributed by atoms with Crippen molar-refractivity contribution in [3.63, 3.8) is 0 Å². The molecule has 0 unspecified atom stereocenters. The van der Waals surface area contributed by atoms with E-state index in [1.54, 1.807) is 12.1 Å². The molecule has 1 N–H and O–H groups in total. The summed E-state index contributed by atoms with van der Waals surface area (Å²) in [5.41, 5.74) is 1.21. The number of benzene rings is 1. The Bertz CT molecular complexity index is 769. The molecule has 148 valence electrons. The molecular weight excluding hydrogens is 365 g/mol. The molecule has 4 nitrogen and oxygen atoms in total. The van der Waals surface area contributed by atoms with Crippen LogP contribution in [-0.2, 0) is 18.7 Å². The lowest BCUT2D eigenvalue weighted by Crippen LogP contribution is -2.37. The summed E-state index contributed by atoms with van der Waals surface area (Å²) in [6.07, 6.45) is 6.26. The molecule has 6 heteroatoms. The fourth-order valence-electron chi connectivity index (χ4n) is 3.98. The molecule has 1 aliphatic carbocycles. The van der Waals surface area contributed by atoms with E-state index in [1.165, 1.54) is 38.2 Å². The molecule has 0 spiro atoms. The van der Waals surface area contributed by atoms with E-state index < -0.39 is 0 Å². The van der Waals surface area contributed by atoms with Gasteiger partial charge >= 0.3 is 0 Å². The highest BCUT2D eigenvalue weighted by Gasteiger charge is 2.35. The van der Waals surface area contributed by atoms with Gasteiger partial charge in [-0.1, -0.05) is 30.9 Å². The van der Waals surface area contributed by atoms with Gasteiger partial charge in [-0.3, -0.25) is 0 Å². The van der Waals surface area contributed by atoms with Crippen LogP contribution in [0.4, 0.5) is 4.39 Å². The van der Waals surface area contributed by atoms with Gasteiger partial charge < -0.3 is 10.1 Å². The molecule has 1 aromatic carbocycles. The first-order chi connectivity index (χ1) is 12.9. The van der Waals surface area contributed by atoms with Crippen molar-refractivity contribution in [2.75, 3.05) is 7.05 Å². The Kier molecular flexibility index (Phi) is 6.43. The first-order valence-electron chi connectivity index (χ1n) is 9.72. The average Bonchev–Trinajstić information content (AvgIpc) is 3.07. The Morgan fingerprint density at radius 2 is 2.00 bits per heavy atom. The van der Waals surface area contributed by atoms with Crippen LogP contribution in [0, 0.1) is 11.7 Å². The summed E-state index contributed by atoms with van der Waals surface area (Å²) in [7, 11) is 1.90. The van der Waals surface area contributed by atoms with Gasteiger partial charge in [-0.25, -0.2) is 9.07 Å². The monoisotopic (exact) mass is 393 g/mol. The maximum atomic E-state index is 14.1. The summed E-state index contributed by atoms with van der Waals surface area (Å²) >= 11 is 6.00. The molecule has 1 heterocycles. The van der Waals surface area contributed by atoms with E-state index in [1.807, 2.05) is 17.8 Å². The van der Waals surface area contributed by atoms with Gasteiger partial charge in [0.15, 0.2) is 0 Å². The average molecular weight is 394 g/mol. The van der Waals surface area contributed by atoms with Gasteiger partial charge in [0.25, 0.3) is 0 Å². The lowest BCUT2D eigenvalue weighted by Gasteiger charge is -2.38. The Balaban J connectivity index is 1.86. The van der Waals surface area contributed by atoms with Crippen molar-refractivity contribution in [1.82, 2.24) is 15.1 Å². The van der Waals surface area contributed by atoms with Crippen molar-refractivity contribution in [3.8, 4) is 5.88 Å². The molecular formula is C21H29ClFN3O. The van der Waals surface area contributed by atoms with Gasteiger partial charge in [0.2, 0.25) is 5.88 Å². The van der Waals surface area contributed by atoms with Crippen LogP contribution in [0.5, 0.6) is 5.88 Å². The van der Waals surface area contributed by atoms with E-state index in [0.717, 1.165) is 5.69 Å². The van der Waals surface area contributed by atoms with E-state index in [0.29, 0.717) is 28.9 Å². The summed E-state index contributed by atoms with van der Waals surface area (Å²) in [6.45, 7) is 5.24. The molecule has 0 amide bonds. The third kappa shape index (κ3) is 4.64. The minimum atomic E-state index is -0.313. The molecule has 1 saturated carbocycles. The highest BCUT2D eigenvalue weighted by Crippen LogP contribution is 2.39. The third-order valence-electron chi connectivity index (χ3n) is 5.62. The first kappa shape index (κ1) is 20.2. The summed E-state index contributed by atoms with van der Waals surface area (Å²) < 4.78 is 22.1. The van der Waals surface area contributed by atoms with Gasteiger partial charge in [0, 0.05) is 23.2 Å². The SMILES string of the molecule is CNCc1cc(OCc2cc(Cl)ccc2F)n(C(C)(C)C2CCCCC2)n1. The van der Waals surface area contributed by atoms with Crippen LogP contribution in [-0.4, -0.2) is 16.8 Å². The molecule has 3 rings (SSSR count). The van der Waals surface area contributed by atoms with Crippen LogP contribution in [0.1, 0.15) is 57.2 Å². The van der Waals surface area contributed by atoms with Gasteiger partial charge in [0.1, 0.15) is 12.4 Å². The maximum absolute atomic E-state index is 14.1. The molecule has 1 fully saturated rings. The molecule has 0 atom stereocenters. The number of ether oxygens (including phenoxy) is 1. The van der Waals surface area contributed by atoms with E-state index in [9.17, 15) is 4.39 Å². The zero-order valence-corrected chi connectivity index (χ0v) is 17.2. The van der Waals surface area contributed by atoms with Crippen LogP contribution in [0.2, 0.25) is 5.02 Å². The topological polar surface area (TPSA) is 39.1 Å². The highest BCUT2D eigenvalue weighted by atomic mass is 35.5. The number of rotatable bonds is 7. The normalized spacial score (nSPS) is 15.9. The van der Waals surface area contributed by atoms with Crippen molar-refractivity contribution in [2.24, 2.45) is 5.92 Å². The van der Waals surface area contributed by atoms with Crippen molar-refractivity contribution in [2.45, 2.75) is 64.6 Å². The zero-order chi connectivity index (χ0) is 19.4. The summed E-state index contributed by atoms with van der Waals surface area (Å²) in [5, 5.41) is 8.45. The predicted molar refractivity (Wildman–Crippen MR) is 107 cm³/mol. The Morgan fingerprint density at radius 1 is 1.26 bits per heavy atom. The Labute approximate surface area is 166 Å². The fraction of sp³-hybridized carbons (Fsp3) is 0.571. The quantitative estimate of drug-likeness (QED) is 0.694.